The minimum absolute atomic E-state index is 0.204. The Morgan fingerprint density at radius 2 is 1.97 bits per heavy atom. The molecule has 0 saturated carbocycles. The first kappa shape index (κ1) is 22.3. The first-order chi connectivity index (χ1) is 15.6. The van der Waals surface area contributed by atoms with E-state index in [4.69, 9.17) is 5.73 Å². The third kappa shape index (κ3) is 4.79. The van der Waals surface area contributed by atoms with Gasteiger partial charge in [-0.05, 0) is 35.7 Å². The Hall–Kier alpha value is -3.95. The SMILES string of the molecule is CCc1cc(-c2cc(NC(=O)Cc3cccc(C(F)(F)F)c3)nn2C)cc2cnc(N)nc12. The summed E-state index contributed by atoms with van der Waals surface area (Å²) in [4.78, 5) is 20.8. The first-order valence-corrected chi connectivity index (χ1v) is 10.2. The van der Waals surface area contributed by atoms with Crippen LogP contribution in [-0.2, 0) is 30.9 Å². The molecule has 2 heterocycles. The number of hydrogen-bond donors (Lipinski definition) is 2. The number of nitrogens with one attached hydrogen (secondary N) is 1. The number of halogens is 3. The molecule has 7 nitrogen and oxygen atoms in total. The third-order valence-electron chi connectivity index (χ3n) is 5.22. The monoisotopic (exact) mass is 454 g/mol. The number of anilines is 2. The lowest BCUT2D eigenvalue weighted by molar-refractivity contribution is -0.137. The van der Waals surface area contributed by atoms with Gasteiger partial charge in [-0.15, -0.1) is 0 Å². The van der Waals surface area contributed by atoms with Crippen molar-refractivity contribution in [2.24, 2.45) is 7.05 Å². The van der Waals surface area contributed by atoms with Crippen LogP contribution in [0, 0.1) is 0 Å². The van der Waals surface area contributed by atoms with E-state index < -0.39 is 17.6 Å². The van der Waals surface area contributed by atoms with Crippen LogP contribution in [0.15, 0.2) is 48.7 Å². The van der Waals surface area contributed by atoms with Crippen LogP contribution in [0.4, 0.5) is 24.9 Å². The van der Waals surface area contributed by atoms with Crippen LogP contribution in [0.2, 0.25) is 0 Å². The maximum Gasteiger partial charge on any atom is 0.416 e. The molecular weight excluding hydrogens is 433 g/mol. The number of aromatic nitrogens is 4. The van der Waals surface area contributed by atoms with Gasteiger partial charge < -0.3 is 11.1 Å². The average Bonchev–Trinajstić information content (AvgIpc) is 3.12. The van der Waals surface area contributed by atoms with Gasteiger partial charge in [0.1, 0.15) is 0 Å². The predicted molar refractivity (Wildman–Crippen MR) is 119 cm³/mol. The molecule has 0 aliphatic heterocycles. The maximum atomic E-state index is 12.9. The Bertz CT molecular complexity index is 1350. The van der Waals surface area contributed by atoms with E-state index in [0.717, 1.165) is 46.3 Å². The van der Waals surface area contributed by atoms with Crippen molar-refractivity contribution in [2.75, 3.05) is 11.1 Å². The molecule has 170 valence electrons. The van der Waals surface area contributed by atoms with Crippen molar-refractivity contribution in [2.45, 2.75) is 25.9 Å². The van der Waals surface area contributed by atoms with Crippen molar-refractivity contribution in [3.8, 4) is 11.3 Å². The van der Waals surface area contributed by atoms with Gasteiger partial charge in [0.25, 0.3) is 0 Å². The summed E-state index contributed by atoms with van der Waals surface area (Å²) < 4.78 is 40.3. The molecule has 4 rings (SSSR count). The van der Waals surface area contributed by atoms with Crippen molar-refractivity contribution >= 4 is 28.6 Å². The van der Waals surface area contributed by atoms with Crippen molar-refractivity contribution in [3.63, 3.8) is 0 Å². The number of carbonyl (C=O) groups excluding carboxylic acids is 1. The van der Waals surface area contributed by atoms with Crippen molar-refractivity contribution in [1.82, 2.24) is 19.7 Å². The number of nitrogens with two attached hydrogens (primary N) is 1. The highest BCUT2D eigenvalue weighted by atomic mass is 19.4. The molecule has 0 atom stereocenters. The van der Waals surface area contributed by atoms with E-state index in [1.807, 2.05) is 19.1 Å². The summed E-state index contributed by atoms with van der Waals surface area (Å²) in [5.41, 5.74) is 8.58. The van der Waals surface area contributed by atoms with Crippen LogP contribution < -0.4 is 11.1 Å². The van der Waals surface area contributed by atoms with Gasteiger partial charge in [0, 0.05) is 30.3 Å². The first-order valence-electron chi connectivity index (χ1n) is 10.2. The number of amides is 1. The molecule has 0 unspecified atom stereocenters. The third-order valence-corrected chi connectivity index (χ3v) is 5.22. The van der Waals surface area contributed by atoms with Gasteiger partial charge in [0.2, 0.25) is 11.9 Å². The number of nitrogens with zero attached hydrogens (tertiary/aromatic N) is 4. The summed E-state index contributed by atoms with van der Waals surface area (Å²) in [6, 6.07) is 10.3. The van der Waals surface area contributed by atoms with Gasteiger partial charge >= 0.3 is 6.18 Å². The van der Waals surface area contributed by atoms with E-state index in [0.29, 0.717) is 5.82 Å². The Kier molecular flexibility index (Phi) is 5.75. The van der Waals surface area contributed by atoms with E-state index in [2.05, 4.69) is 20.4 Å². The van der Waals surface area contributed by atoms with Gasteiger partial charge in [-0.25, -0.2) is 9.97 Å². The Morgan fingerprint density at radius 3 is 2.70 bits per heavy atom. The van der Waals surface area contributed by atoms with Crippen LogP contribution in [0.1, 0.15) is 23.6 Å². The van der Waals surface area contributed by atoms with E-state index in [-0.39, 0.29) is 17.9 Å². The van der Waals surface area contributed by atoms with Crippen LogP contribution in [-0.4, -0.2) is 25.7 Å². The molecule has 10 heteroatoms. The second-order valence-electron chi connectivity index (χ2n) is 7.62. The second kappa shape index (κ2) is 8.53. The van der Waals surface area contributed by atoms with E-state index in [1.54, 1.807) is 24.0 Å². The fraction of sp³-hybridized carbons (Fsp3) is 0.217. The number of alkyl halides is 3. The van der Waals surface area contributed by atoms with Gasteiger partial charge in [0.05, 0.1) is 23.2 Å². The lowest BCUT2D eigenvalue weighted by Crippen LogP contribution is -2.15. The molecule has 2 aromatic carbocycles. The maximum absolute atomic E-state index is 12.9. The highest BCUT2D eigenvalue weighted by Crippen LogP contribution is 2.30. The van der Waals surface area contributed by atoms with Crippen LogP contribution >= 0.6 is 0 Å². The molecule has 4 aromatic rings. The molecule has 0 radical (unpaired) electrons. The normalized spacial score (nSPS) is 11.7. The molecule has 33 heavy (non-hydrogen) atoms. The molecular formula is C23H21F3N6O. The Morgan fingerprint density at radius 1 is 1.18 bits per heavy atom. The number of hydrogen-bond acceptors (Lipinski definition) is 5. The Balaban J connectivity index is 1.57. The number of fused-ring (bicyclic) bond motifs is 1. The van der Waals surface area contributed by atoms with Crippen LogP contribution in [0.3, 0.4) is 0 Å². The quantitative estimate of drug-likeness (QED) is 0.467. The number of aryl methyl sites for hydroxylation is 2. The van der Waals surface area contributed by atoms with Gasteiger partial charge in [0.15, 0.2) is 5.82 Å². The molecule has 0 aliphatic rings. The zero-order chi connectivity index (χ0) is 23.8. The summed E-state index contributed by atoms with van der Waals surface area (Å²) >= 11 is 0. The summed E-state index contributed by atoms with van der Waals surface area (Å²) in [5, 5.41) is 7.82. The number of rotatable bonds is 5. The topological polar surface area (TPSA) is 98.7 Å². The van der Waals surface area contributed by atoms with Crippen molar-refractivity contribution < 1.29 is 18.0 Å². The summed E-state index contributed by atoms with van der Waals surface area (Å²) in [7, 11) is 1.74. The van der Waals surface area contributed by atoms with Crippen LogP contribution in [0.5, 0.6) is 0 Å². The molecule has 0 aliphatic carbocycles. The zero-order valence-electron chi connectivity index (χ0n) is 17.9. The van der Waals surface area contributed by atoms with E-state index in [9.17, 15) is 18.0 Å². The van der Waals surface area contributed by atoms with Crippen molar-refractivity contribution in [3.05, 3.63) is 65.4 Å². The summed E-state index contributed by atoms with van der Waals surface area (Å²) in [6.07, 6.45) is -2.27. The molecule has 0 bridgehead atoms. The zero-order valence-corrected chi connectivity index (χ0v) is 17.9. The fourth-order valence-electron chi connectivity index (χ4n) is 3.68. The molecule has 0 saturated heterocycles. The molecule has 1 amide bonds. The number of nitrogen functional groups attached to an aromatic ring is 1. The summed E-state index contributed by atoms with van der Waals surface area (Å²) in [5.74, 6) is 0.0445. The van der Waals surface area contributed by atoms with Gasteiger partial charge in [-0.3, -0.25) is 9.48 Å². The Labute approximate surface area is 187 Å². The number of carbonyl (C=O) groups is 1. The minimum Gasteiger partial charge on any atom is -0.368 e. The smallest absolute Gasteiger partial charge is 0.368 e. The molecule has 3 N–H and O–H groups in total. The average molecular weight is 454 g/mol. The second-order valence-corrected chi connectivity index (χ2v) is 7.62. The highest BCUT2D eigenvalue weighted by molar-refractivity contribution is 5.92. The summed E-state index contributed by atoms with van der Waals surface area (Å²) in [6.45, 7) is 2.01. The minimum atomic E-state index is -4.46. The van der Waals surface area contributed by atoms with Gasteiger partial charge in [-0.2, -0.15) is 18.3 Å². The lowest BCUT2D eigenvalue weighted by atomic mass is 10.0. The highest BCUT2D eigenvalue weighted by Gasteiger charge is 2.30. The lowest BCUT2D eigenvalue weighted by Gasteiger charge is -2.09. The van der Waals surface area contributed by atoms with Crippen molar-refractivity contribution in [1.29, 1.82) is 0 Å². The van der Waals surface area contributed by atoms with E-state index >= 15 is 0 Å². The largest absolute Gasteiger partial charge is 0.416 e. The molecule has 0 spiro atoms. The standard InChI is InChI=1S/C23H21F3N6O/c1-3-14-9-15(10-16-12-28-22(27)30-21(14)16)18-11-19(31-32(18)2)29-20(33)8-13-5-4-6-17(7-13)23(24,25)26/h4-7,9-12H,3,8H2,1-2H3,(H2,27,28,30)(H,29,31,33). The molecule has 0 fully saturated rings. The fourth-order valence-corrected chi connectivity index (χ4v) is 3.68. The predicted octanol–water partition coefficient (Wildman–Crippen LogP) is 4.37. The number of benzene rings is 2. The van der Waals surface area contributed by atoms with Crippen LogP contribution in [0.25, 0.3) is 22.2 Å². The molecule has 2 aromatic heterocycles. The van der Waals surface area contributed by atoms with E-state index in [1.165, 1.54) is 12.1 Å². The van der Waals surface area contributed by atoms with Gasteiger partial charge in [-0.1, -0.05) is 25.1 Å².